The zero-order valence-electron chi connectivity index (χ0n) is 6.80. The molecule has 0 aromatic carbocycles. The zero-order chi connectivity index (χ0) is 10.4. The summed E-state index contributed by atoms with van der Waals surface area (Å²) in [6, 6.07) is -1.32. The first-order valence-corrected chi connectivity index (χ1v) is 3.40. The lowest BCUT2D eigenvalue weighted by molar-refractivity contribution is -0.137. The van der Waals surface area contributed by atoms with E-state index in [2.05, 4.69) is 10.7 Å². The molecule has 74 valence electrons. The van der Waals surface area contributed by atoms with E-state index in [1.54, 1.807) is 0 Å². The molecular weight excluding hydrogens is 178 g/mol. The van der Waals surface area contributed by atoms with Gasteiger partial charge in [-0.15, -0.1) is 0 Å². The fourth-order valence-corrected chi connectivity index (χ4v) is 0.588. The van der Waals surface area contributed by atoms with E-state index in [1.165, 1.54) is 0 Å². The summed E-state index contributed by atoms with van der Waals surface area (Å²) < 4.78 is 0. The monoisotopic (exact) mass is 189 g/mol. The van der Waals surface area contributed by atoms with Gasteiger partial charge < -0.3 is 21.7 Å². The lowest BCUT2D eigenvalue weighted by Gasteiger charge is -2.05. The summed E-state index contributed by atoms with van der Waals surface area (Å²) in [6.45, 7) is -1.23. The van der Waals surface area contributed by atoms with Crippen molar-refractivity contribution in [2.24, 2.45) is 16.5 Å². The van der Waals surface area contributed by atoms with Gasteiger partial charge in [0.25, 0.3) is 5.91 Å². The molecule has 13 heavy (non-hydrogen) atoms. The van der Waals surface area contributed by atoms with Gasteiger partial charge in [0.15, 0.2) is 0 Å². The molecule has 0 aromatic heterocycles. The van der Waals surface area contributed by atoms with E-state index in [1.807, 2.05) is 0 Å². The number of hydrogen-bond acceptors (Lipinski definition) is 5. The molecule has 0 heterocycles. The number of primary amides is 1. The maximum absolute atomic E-state index is 10.8. The average molecular weight is 189 g/mol. The molecule has 0 rings (SSSR count). The van der Waals surface area contributed by atoms with Crippen LogP contribution in [0.3, 0.4) is 0 Å². The van der Waals surface area contributed by atoms with Gasteiger partial charge in [0.2, 0.25) is 5.78 Å². The van der Waals surface area contributed by atoms with Gasteiger partial charge in [-0.3, -0.25) is 14.6 Å². The van der Waals surface area contributed by atoms with Crippen molar-refractivity contribution in [2.75, 3.05) is 13.2 Å². The Bertz CT molecular complexity index is 238. The van der Waals surface area contributed by atoms with Crippen LogP contribution in [0.25, 0.3) is 0 Å². The van der Waals surface area contributed by atoms with Crippen molar-refractivity contribution >= 4 is 17.5 Å². The van der Waals surface area contributed by atoms with Crippen LogP contribution in [-0.2, 0) is 9.59 Å². The highest BCUT2D eigenvalue weighted by Crippen LogP contribution is 1.92. The van der Waals surface area contributed by atoms with E-state index in [4.69, 9.17) is 15.9 Å². The number of carbonyl (C=O) groups excluding carboxylic acids is 2. The number of aliphatic imine (C=N–C) groups is 1. The number of nitrogens with zero attached hydrogens (tertiary/aromatic N) is 1. The molecule has 1 atom stereocenters. The van der Waals surface area contributed by atoms with E-state index >= 15 is 0 Å². The largest absolute Gasteiger partial charge is 0.394 e. The first kappa shape index (κ1) is 11.5. The molecule has 0 aliphatic carbocycles. The summed E-state index contributed by atoms with van der Waals surface area (Å²) >= 11 is 0. The molecule has 0 spiro atoms. The summed E-state index contributed by atoms with van der Waals surface area (Å²) in [5, 5.41) is 17.1. The van der Waals surface area contributed by atoms with Crippen molar-refractivity contribution in [3.8, 4) is 0 Å². The molecule has 7 nitrogen and oxygen atoms in total. The van der Waals surface area contributed by atoms with Gasteiger partial charge in [-0.2, -0.15) is 0 Å². The van der Waals surface area contributed by atoms with E-state index in [0.717, 1.165) is 0 Å². The second-order valence-corrected chi connectivity index (χ2v) is 2.21. The number of Topliss-reactive ketones (excluding diaryl/α,β-unsaturated/α-hetero) is 1. The average Bonchev–Trinajstić information content (AvgIpc) is 2.12. The predicted molar refractivity (Wildman–Crippen MR) is 43.8 cm³/mol. The lowest BCUT2D eigenvalue weighted by atomic mass is 10.2. The molecule has 0 bridgehead atoms. The van der Waals surface area contributed by atoms with Crippen LogP contribution in [0.2, 0.25) is 0 Å². The Labute approximate surface area is 74.1 Å². The van der Waals surface area contributed by atoms with Crippen LogP contribution in [0.4, 0.5) is 0 Å². The maximum atomic E-state index is 10.8. The predicted octanol–water partition coefficient (Wildman–Crippen LogP) is -3.25. The Morgan fingerprint density at radius 2 is 1.85 bits per heavy atom. The Hall–Kier alpha value is -1.47. The fraction of sp³-hybridized carbons (Fsp3) is 0.500. The standard InChI is InChI=1S/C6H11N3O4/c7-4(2-11)9-3(1-10)5(12)6(8)13/h3,10-11H,1-2H2,(H2,7,9)(H2,8,13). The number of hydrogen-bond donors (Lipinski definition) is 4. The van der Waals surface area contributed by atoms with Gasteiger partial charge >= 0.3 is 0 Å². The number of aliphatic hydroxyl groups excluding tert-OH is 2. The number of nitrogens with two attached hydrogens (primary N) is 2. The smallest absolute Gasteiger partial charge is 0.287 e. The molecule has 0 fully saturated rings. The molecule has 1 amide bonds. The maximum Gasteiger partial charge on any atom is 0.287 e. The quantitative estimate of drug-likeness (QED) is 0.204. The Kier molecular flexibility index (Phi) is 4.63. The van der Waals surface area contributed by atoms with E-state index < -0.39 is 30.9 Å². The minimum absolute atomic E-state index is 0.242. The third-order valence-electron chi connectivity index (χ3n) is 1.20. The number of carbonyl (C=O) groups is 2. The van der Waals surface area contributed by atoms with Crippen molar-refractivity contribution in [1.82, 2.24) is 0 Å². The molecule has 0 aromatic rings. The Morgan fingerprint density at radius 3 is 2.15 bits per heavy atom. The topological polar surface area (TPSA) is 139 Å². The van der Waals surface area contributed by atoms with Gasteiger partial charge in [0, 0.05) is 0 Å². The van der Waals surface area contributed by atoms with Crippen LogP contribution in [0.5, 0.6) is 0 Å². The molecule has 0 aliphatic heterocycles. The van der Waals surface area contributed by atoms with Crippen LogP contribution in [0.15, 0.2) is 4.99 Å². The summed E-state index contributed by atoms with van der Waals surface area (Å²) in [5.41, 5.74) is 9.73. The van der Waals surface area contributed by atoms with Gasteiger partial charge in [-0.05, 0) is 0 Å². The van der Waals surface area contributed by atoms with Crippen LogP contribution < -0.4 is 11.5 Å². The zero-order valence-corrected chi connectivity index (χ0v) is 6.80. The van der Waals surface area contributed by atoms with Gasteiger partial charge in [0.1, 0.15) is 18.5 Å². The Balaban J connectivity index is 4.52. The third-order valence-corrected chi connectivity index (χ3v) is 1.20. The van der Waals surface area contributed by atoms with Crippen molar-refractivity contribution in [2.45, 2.75) is 6.04 Å². The van der Waals surface area contributed by atoms with Crippen LogP contribution >= 0.6 is 0 Å². The summed E-state index contributed by atoms with van der Waals surface area (Å²) in [6.07, 6.45) is 0. The van der Waals surface area contributed by atoms with Gasteiger partial charge in [-0.1, -0.05) is 0 Å². The highest BCUT2D eigenvalue weighted by Gasteiger charge is 2.21. The lowest BCUT2D eigenvalue weighted by Crippen LogP contribution is -2.36. The SMILES string of the molecule is NC(=O)C(=O)C(CO)N=C(N)CO. The van der Waals surface area contributed by atoms with Gasteiger partial charge in [-0.25, -0.2) is 0 Å². The first-order chi connectivity index (χ1) is 6.02. The highest BCUT2D eigenvalue weighted by atomic mass is 16.3. The first-order valence-electron chi connectivity index (χ1n) is 3.40. The summed E-state index contributed by atoms with van der Waals surface area (Å²) in [7, 11) is 0. The van der Waals surface area contributed by atoms with Crippen molar-refractivity contribution in [3.05, 3.63) is 0 Å². The third kappa shape index (κ3) is 3.63. The molecule has 6 N–H and O–H groups in total. The molecule has 0 aliphatic rings. The molecule has 1 unspecified atom stereocenters. The highest BCUT2D eigenvalue weighted by molar-refractivity contribution is 6.37. The Morgan fingerprint density at radius 1 is 1.31 bits per heavy atom. The van der Waals surface area contributed by atoms with Crippen LogP contribution in [0.1, 0.15) is 0 Å². The number of aliphatic hydroxyl groups is 2. The van der Waals surface area contributed by atoms with E-state index in [-0.39, 0.29) is 5.84 Å². The fourth-order valence-electron chi connectivity index (χ4n) is 0.588. The minimum atomic E-state index is -1.32. The normalized spacial score (nSPS) is 13.8. The molecular formula is C6H11N3O4. The minimum Gasteiger partial charge on any atom is -0.394 e. The number of amidine groups is 1. The second kappa shape index (κ2) is 5.22. The molecule has 0 saturated carbocycles. The summed E-state index contributed by atoms with van der Waals surface area (Å²) in [4.78, 5) is 24.6. The number of ketones is 1. The number of amides is 1. The van der Waals surface area contributed by atoms with Crippen molar-refractivity contribution in [1.29, 1.82) is 0 Å². The van der Waals surface area contributed by atoms with E-state index in [9.17, 15) is 9.59 Å². The second-order valence-electron chi connectivity index (χ2n) is 2.21. The van der Waals surface area contributed by atoms with Gasteiger partial charge in [0.05, 0.1) is 6.61 Å². The van der Waals surface area contributed by atoms with E-state index in [0.29, 0.717) is 0 Å². The molecule has 0 saturated heterocycles. The number of rotatable bonds is 5. The van der Waals surface area contributed by atoms with Crippen molar-refractivity contribution < 1.29 is 19.8 Å². The van der Waals surface area contributed by atoms with Crippen LogP contribution in [-0.4, -0.2) is 47.0 Å². The molecule has 7 heteroatoms. The molecule has 0 radical (unpaired) electrons. The summed E-state index contributed by atoms with van der Waals surface area (Å²) in [5.74, 6) is -2.49. The van der Waals surface area contributed by atoms with Crippen molar-refractivity contribution in [3.63, 3.8) is 0 Å². The van der Waals surface area contributed by atoms with Crippen LogP contribution in [0, 0.1) is 0 Å².